The Kier molecular flexibility index (Phi) is 5.74. The summed E-state index contributed by atoms with van der Waals surface area (Å²) in [6, 6.07) is 7.11. The van der Waals surface area contributed by atoms with Crippen LogP contribution in [0.25, 0.3) is 0 Å². The molecule has 4 heteroatoms. The van der Waals surface area contributed by atoms with Gasteiger partial charge in [-0.1, -0.05) is 6.92 Å². The van der Waals surface area contributed by atoms with Gasteiger partial charge in [-0.05, 0) is 39.3 Å². The molecule has 118 valence electrons. The highest BCUT2D eigenvalue weighted by atomic mass is 16.5. The van der Waals surface area contributed by atoms with Crippen LogP contribution in [0, 0.1) is 0 Å². The van der Waals surface area contributed by atoms with Crippen LogP contribution in [-0.2, 0) is 0 Å². The molecule has 0 aliphatic carbocycles. The SMILES string of the molecule is CCOc1ccc(OCC)c(N2CC(CC)NCC2C)c1. The Morgan fingerprint density at radius 2 is 1.95 bits per heavy atom. The molecule has 0 bridgehead atoms. The summed E-state index contributed by atoms with van der Waals surface area (Å²) < 4.78 is 11.5. The minimum absolute atomic E-state index is 0.448. The molecule has 0 spiro atoms. The van der Waals surface area contributed by atoms with E-state index >= 15 is 0 Å². The summed E-state index contributed by atoms with van der Waals surface area (Å²) in [4.78, 5) is 2.44. The van der Waals surface area contributed by atoms with Crippen molar-refractivity contribution in [3.05, 3.63) is 18.2 Å². The van der Waals surface area contributed by atoms with E-state index in [1.54, 1.807) is 0 Å². The lowest BCUT2D eigenvalue weighted by Gasteiger charge is -2.40. The molecular formula is C17H28N2O2. The quantitative estimate of drug-likeness (QED) is 0.874. The second-order valence-electron chi connectivity index (χ2n) is 5.51. The molecule has 1 aromatic carbocycles. The summed E-state index contributed by atoms with van der Waals surface area (Å²) in [6.45, 7) is 11.9. The normalized spacial score (nSPS) is 22.2. The third-order valence-corrected chi connectivity index (χ3v) is 3.99. The first kappa shape index (κ1) is 16.0. The highest BCUT2D eigenvalue weighted by molar-refractivity contribution is 5.62. The van der Waals surface area contributed by atoms with Gasteiger partial charge in [-0.25, -0.2) is 0 Å². The molecular weight excluding hydrogens is 264 g/mol. The Morgan fingerprint density at radius 3 is 2.62 bits per heavy atom. The van der Waals surface area contributed by atoms with Gasteiger partial charge in [0.2, 0.25) is 0 Å². The lowest BCUT2D eigenvalue weighted by atomic mass is 10.1. The van der Waals surface area contributed by atoms with Crippen LogP contribution in [0.2, 0.25) is 0 Å². The molecule has 4 nitrogen and oxygen atoms in total. The van der Waals surface area contributed by atoms with Gasteiger partial charge in [0.1, 0.15) is 11.5 Å². The van der Waals surface area contributed by atoms with Gasteiger partial charge in [-0.2, -0.15) is 0 Å². The number of nitrogens with zero attached hydrogens (tertiary/aromatic N) is 1. The highest BCUT2D eigenvalue weighted by Crippen LogP contribution is 2.34. The predicted octanol–water partition coefficient (Wildman–Crippen LogP) is 3.06. The summed E-state index contributed by atoms with van der Waals surface area (Å²) >= 11 is 0. The molecule has 1 aromatic rings. The van der Waals surface area contributed by atoms with Crippen molar-refractivity contribution >= 4 is 5.69 Å². The van der Waals surface area contributed by atoms with E-state index < -0.39 is 0 Å². The van der Waals surface area contributed by atoms with Crippen molar-refractivity contribution in [2.24, 2.45) is 0 Å². The molecule has 1 heterocycles. The van der Waals surface area contributed by atoms with Gasteiger partial charge < -0.3 is 19.7 Å². The zero-order valence-corrected chi connectivity index (χ0v) is 13.7. The smallest absolute Gasteiger partial charge is 0.142 e. The largest absolute Gasteiger partial charge is 0.494 e. The molecule has 1 aliphatic rings. The Hall–Kier alpha value is -1.42. The van der Waals surface area contributed by atoms with E-state index in [0.29, 0.717) is 25.3 Å². The fourth-order valence-corrected chi connectivity index (χ4v) is 2.79. The van der Waals surface area contributed by atoms with E-state index in [2.05, 4.69) is 30.1 Å². The van der Waals surface area contributed by atoms with Gasteiger partial charge in [0, 0.05) is 31.2 Å². The minimum atomic E-state index is 0.448. The van der Waals surface area contributed by atoms with E-state index in [1.807, 2.05) is 26.0 Å². The first-order valence-electron chi connectivity index (χ1n) is 8.09. The molecule has 1 saturated heterocycles. The number of hydrogen-bond acceptors (Lipinski definition) is 4. The monoisotopic (exact) mass is 292 g/mol. The summed E-state index contributed by atoms with van der Waals surface area (Å²) in [5.74, 6) is 1.86. The van der Waals surface area contributed by atoms with E-state index in [1.165, 1.54) is 0 Å². The lowest BCUT2D eigenvalue weighted by Crippen LogP contribution is -2.55. The van der Waals surface area contributed by atoms with Crippen LogP contribution in [0.15, 0.2) is 18.2 Å². The first-order chi connectivity index (χ1) is 10.2. The molecule has 2 rings (SSSR count). The Bertz CT molecular complexity index is 450. The highest BCUT2D eigenvalue weighted by Gasteiger charge is 2.26. The fraction of sp³-hybridized carbons (Fsp3) is 0.647. The van der Waals surface area contributed by atoms with Crippen molar-refractivity contribution in [1.29, 1.82) is 0 Å². The molecule has 1 N–H and O–H groups in total. The van der Waals surface area contributed by atoms with Crippen LogP contribution in [0.1, 0.15) is 34.1 Å². The number of anilines is 1. The van der Waals surface area contributed by atoms with Crippen molar-refractivity contribution in [3.8, 4) is 11.5 Å². The zero-order chi connectivity index (χ0) is 15.2. The third kappa shape index (κ3) is 3.82. The second kappa shape index (κ2) is 7.55. The number of benzene rings is 1. The van der Waals surface area contributed by atoms with Crippen molar-refractivity contribution in [3.63, 3.8) is 0 Å². The van der Waals surface area contributed by atoms with Gasteiger partial charge in [0.25, 0.3) is 0 Å². The maximum atomic E-state index is 5.82. The van der Waals surface area contributed by atoms with Crippen LogP contribution >= 0.6 is 0 Å². The number of rotatable bonds is 6. The van der Waals surface area contributed by atoms with Gasteiger partial charge in [0.05, 0.1) is 18.9 Å². The summed E-state index contributed by atoms with van der Waals surface area (Å²) in [7, 11) is 0. The molecule has 2 unspecified atom stereocenters. The van der Waals surface area contributed by atoms with Crippen molar-refractivity contribution in [2.45, 2.75) is 46.2 Å². The summed E-state index contributed by atoms with van der Waals surface area (Å²) in [6.07, 6.45) is 1.14. The minimum Gasteiger partial charge on any atom is -0.494 e. The molecule has 1 fully saturated rings. The van der Waals surface area contributed by atoms with Crippen LogP contribution < -0.4 is 19.7 Å². The van der Waals surface area contributed by atoms with Crippen LogP contribution in [0.3, 0.4) is 0 Å². The summed E-state index contributed by atoms with van der Waals surface area (Å²) in [5.41, 5.74) is 1.15. The molecule has 2 atom stereocenters. The van der Waals surface area contributed by atoms with Crippen molar-refractivity contribution < 1.29 is 9.47 Å². The molecule has 0 amide bonds. The number of nitrogens with one attached hydrogen (secondary N) is 1. The third-order valence-electron chi connectivity index (χ3n) is 3.99. The van der Waals surface area contributed by atoms with Gasteiger partial charge in [-0.3, -0.25) is 0 Å². The van der Waals surface area contributed by atoms with Crippen LogP contribution in [-0.4, -0.2) is 38.4 Å². The topological polar surface area (TPSA) is 33.7 Å². The van der Waals surface area contributed by atoms with Crippen molar-refractivity contribution in [2.75, 3.05) is 31.2 Å². The van der Waals surface area contributed by atoms with Crippen LogP contribution in [0.4, 0.5) is 5.69 Å². The molecule has 1 aliphatic heterocycles. The molecule has 0 saturated carbocycles. The van der Waals surface area contributed by atoms with E-state index in [0.717, 1.165) is 36.7 Å². The average Bonchev–Trinajstić information content (AvgIpc) is 2.50. The standard InChI is InChI=1S/C17H28N2O2/c1-5-14-12-19(13(4)11-18-14)16-10-15(20-6-2)8-9-17(16)21-7-3/h8-10,13-14,18H,5-7,11-12H2,1-4H3. The number of piperazine rings is 1. The average molecular weight is 292 g/mol. The number of ether oxygens (including phenoxy) is 2. The van der Waals surface area contributed by atoms with Gasteiger partial charge >= 0.3 is 0 Å². The molecule has 0 aromatic heterocycles. The zero-order valence-electron chi connectivity index (χ0n) is 13.7. The maximum absolute atomic E-state index is 5.82. The summed E-state index contributed by atoms with van der Waals surface area (Å²) in [5, 5.41) is 3.60. The van der Waals surface area contributed by atoms with Gasteiger partial charge in [-0.15, -0.1) is 0 Å². The van der Waals surface area contributed by atoms with E-state index in [9.17, 15) is 0 Å². The number of hydrogen-bond donors (Lipinski definition) is 1. The Morgan fingerprint density at radius 1 is 1.19 bits per heavy atom. The molecule has 21 heavy (non-hydrogen) atoms. The Labute approximate surface area is 128 Å². The first-order valence-corrected chi connectivity index (χ1v) is 8.09. The lowest BCUT2D eigenvalue weighted by molar-refractivity contribution is 0.327. The molecule has 0 radical (unpaired) electrons. The van der Waals surface area contributed by atoms with E-state index in [4.69, 9.17) is 9.47 Å². The van der Waals surface area contributed by atoms with Crippen LogP contribution in [0.5, 0.6) is 11.5 Å². The fourth-order valence-electron chi connectivity index (χ4n) is 2.79. The van der Waals surface area contributed by atoms with Crippen molar-refractivity contribution in [1.82, 2.24) is 5.32 Å². The van der Waals surface area contributed by atoms with E-state index in [-0.39, 0.29) is 0 Å². The second-order valence-corrected chi connectivity index (χ2v) is 5.51. The Balaban J connectivity index is 2.30. The predicted molar refractivity (Wildman–Crippen MR) is 87.7 cm³/mol. The maximum Gasteiger partial charge on any atom is 0.142 e. The van der Waals surface area contributed by atoms with Gasteiger partial charge in [0.15, 0.2) is 0 Å².